The molecule has 3 heteroatoms. The minimum Gasteiger partial charge on any atom is -0.400 e. The van der Waals surface area contributed by atoms with Gasteiger partial charge in [0.05, 0.1) is 6.10 Å². The van der Waals surface area contributed by atoms with Gasteiger partial charge < -0.3 is 4.43 Å². The van der Waals surface area contributed by atoms with Gasteiger partial charge in [-0.15, -0.1) is 0 Å². The van der Waals surface area contributed by atoms with Crippen LogP contribution in [-0.4, -0.2) is 14.4 Å². The standard InChI is InChI=1S/C20H23BrOSi/c1-20(2,3)23(17-10-6-4-7-11-17,18-12-8-5-9-13-18)22-19-14-16(19)15-21/h4-13,15,19H,14H2,1-3H3/b16-15+/t19-/m1/s1. The van der Waals surface area contributed by atoms with Gasteiger partial charge in [-0.3, -0.25) is 0 Å². The SMILES string of the molecule is CC(C)(C)[Si](O[C@@H]1C/C1=C\Br)(c1ccccc1)c1ccccc1. The predicted molar refractivity (Wildman–Crippen MR) is 104 cm³/mol. The van der Waals surface area contributed by atoms with E-state index in [1.807, 2.05) is 4.99 Å². The molecule has 0 aromatic heterocycles. The molecule has 0 amide bonds. The van der Waals surface area contributed by atoms with Crippen LogP contribution in [0, 0.1) is 0 Å². The van der Waals surface area contributed by atoms with E-state index in [9.17, 15) is 0 Å². The Morgan fingerprint density at radius 2 is 1.43 bits per heavy atom. The molecule has 120 valence electrons. The molecule has 0 bridgehead atoms. The highest BCUT2D eigenvalue weighted by molar-refractivity contribution is 9.11. The van der Waals surface area contributed by atoms with Gasteiger partial charge in [0.2, 0.25) is 0 Å². The van der Waals surface area contributed by atoms with Gasteiger partial charge in [0.1, 0.15) is 0 Å². The van der Waals surface area contributed by atoms with Crippen molar-refractivity contribution in [2.45, 2.75) is 38.3 Å². The lowest BCUT2D eigenvalue weighted by molar-refractivity contribution is 0.294. The summed E-state index contributed by atoms with van der Waals surface area (Å²) in [6, 6.07) is 21.6. The van der Waals surface area contributed by atoms with Crippen LogP contribution in [0.5, 0.6) is 0 Å². The lowest BCUT2D eigenvalue weighted by Crippen LogP contribution is -2.66. The van der Waals surface area contributed by atoms with E-state index in [2.05, 4.69) is 97.4 Å². The molecule has 2 aromatic carbocycles. The zero-order valence-corrected chi connectivity index (χ0v) is 16.5. The van der Waals surface area contributed by atoms with E-state index >= 15 is 0 Å². The molecular weight excluding hydrogens is 364 g/mol. The van der Waals surface area contributed by atoms with Crippen LogP contribution < -0.4 is 10.4 Å². The van der Waals surface area contributed by atoms with Crippen LogP contribution in [0.15, 0.2) is 71.2 Å². The zero-order chi connectivity index (χ0) is 16.5. The highest BCUT2D eigenvalue weighted by Gasteiger charge is 2.53. The van der Waals surface area contributed by atoms with E-state index in [1.165, 1.54) is 15.9 Å². The van der Waals surface area contributed by atoms with Crippen molar-refractivity contribution in [3.05, 3.63) is 71.2 Å². The summed E-state index contributed by atoms with van der Waals surface area (Å²) < 4.78 is 6.93. The first kappa shape index (κ1) is 16.7. The van der Waals surface area contributed by atoms with Crippen molar-refractivity contribution in [3.63, 3.8) is 0 Å². The third-order valence-corrected chi connectivity index (χ3v) is 10.2. The molecule has 23 heavy (non-hydrogen) atoms. The molecule has 1 aliphatic carbocycles. The molecule has 0 N–H and O–H groups in total. The summed E-state index contributed by atoms with van der Waals surface area (Å²) in [6.07, 6.45) is 1.29. The minimum atomic E-state index is -2.37. The lowest BCUT2D eigenvalue weighted by atomic mass is 10.2. The van der Waals surface area contributed by atoms with Crippen LogP contribution in [-0.2, 0) is 4.43 Å². The Hall–Kier alpha value is -1.16. The van der Waals surface area contributed by atoms with Crippen LogP contribution >= 0.6 is 15.9 Å². The molecule has 1 saturated carbocycles. The van der Waals surface area contributed by atoms with Crippen molar-refractivity contribution in [1.82, 2.24) is 0 Å². The fourth-order valence-corrected chi connectivity index (χ4v) is 8.45. The van der Waals surface area contributed by atoms with Gasteiger partial charge in [-0.2, -0.15) is 0 Å². The Labute approximate surface area is 148 Å². The lowest BCUT2D eigenvalue weighted by Gasteiger charge is -2.43. The molecule has 0 spiro atoms. The average Bonchev–Trinajstić information content (AvgIpc) is 3.31. The molecule has 1 atom stereocenters. The number of rotatable bonds is 4. The third-order valence-electron chi connectivity index (χ3n) is 4.55. The van der Waals surface area contributed by atoms with Crippen molar-refractivity contribution in [2.75, 3.05) is 0 Å². The molecule has 1 fully saturated rings. The maximum atomic E-state index is 6.93. The van der Waals surface area contributed by atoms with Crippen LogP contribution in [0.2, 0.25) is 5.04 Å². The second kappa shape index (κ2) is 6.38. The van der Waals surface area contributed by atoms with Crippen LogP contribution in [0.4, 0.5) is 0 Å². The Balaban J connectivity index is 2.18. The molecule has 1 nitrogen and oxygen atoms in total. The second-order valence-corrected chi connectivity index (χ2v) is 11.9. The van der Waals surface area contributed by atoms with Crippen molar-refractivity contribution in [3.8, 4) is 0 Å². The maximum Gasteiger partial charge on any atom is 0.261 e. The number of hydrogen-bond acceptors (Lipinski definition) is 1. The molecule has 2 aromatic rings. The molecule has 0 radical (unpaired) electrons. The van der Waals surface area contributed by atoms with Crippen LogP contribution in [0.25, 0.3) is 0 Å². The van der Waals surface area contributed by atoms with Gasteiger partial charge in [0.25, 0.3) is 8.32 Å². The first-order valence-corrected chi connectivity index (χ1v) is 10.9. The zero-order valence-electron chi connectivity index (χ0n) is 13.9. The highest BCUT2D eigenvalue weighted by atomic mass is 79.9. The van der Waals surface area contributed by atoms with E-state index in [0.29, 0.717) is 0 Å². The van der Waals surface area contributed by atoms with Crippen molar-refractivity contribution in [1.29, 1.82) is 0 Å². The first-order chi connectivity index (χ1) is 11.0. The maximum absolute atomic E-state index is 6.93. The summed E-state index contributed by atoms with van der Waals surface area (Å²) in [7, 11) is -2.37. The highest BCUT2D eigenvalue weighted by Crippen LogP contribution is 2.43. The predicted octanol–water partition coefficient (Wildman–Crippen LogP) is 4.61. The topological polar surface area (TPSA) is 9.23 Å². The Kier molecular flexibility index (Phi) is 4.63. The van der Waals surface area contributed by atoms with Gasteiger partial charge in [0, 0.05) is 6.42 Å². The fourth-order valence-electron chi connectivity index (χ4n) is 3.29. The summed E-state index contributed by atoms with van der Waals surface area (Å²) in [5.74, 6) is 0. The largest absolute Gasteiger partial charge is 0.400 e. The van der Waals surface area contributed by atoms with Crippen LogP contribution in [0.1, 0.15) is 27.2 Å². The monoisotopic (exact) mass is 386 g/mol. The number of hydrogen-bond donors (Lipinski definition) is 0. The number of benzene rings is 2. The summed E-state index contributed by atoms with van der Waals surface area (Å²) in [6.45, 7) is 6.96. The molecule has 0 unspecified atom stereocenters. The van der Waals surface area contributed by atoms with E-state index in [1.54, 1.807) is 0 Å². The quantitative estimate of drug-likeness (QED) is 0.696. The summed E-state index contributed by atoms with van der Waals surface area (Å²) in [5, 5.41) is 2.74. The first-order valence-electron chi connectivity index (χ1n) is 8.07. The number of halogens is 1. The fraction of sp³-hybridized carbons (Fsp3) is 0.300. The Morgan fingerprint density at radius 1 is 0.957 bits per heavy atom. The van der Waals surface area contributed by atoms with Crippen molar-refractivity contribution >= 4 is 34.6 Å². The molecule has 3 rings (SSSR count). The molecule has 0 aliphatic heterocycles. The Bertz CT molecular complexity index is 649. The third kappa shape index (κ3) is 3.10. The summed E-state index contributed by atoms with van der Waals surface area (Å²) in [5.41, 5.74) is 1.36. The second-order valence-electron chi connectivity index (χ2n) is 7.16. The van der Waals surface area contributed by atoms with Gasteiger partial charge in [-0.25, -0.2) is 0 Å². The van der Waals surface area contributed by atoms with E-state index < -0.39 is 8.32 Å². The smallest absolute Gasteiger partial charge is 0.261 e. The van der Waals surface area contributed by atoms with Crippen LogP contribution in [0.3, 0.4) is 0 Å². The summed E-state index contributed by atoms with van der Waals surface area (Å²) >= 11 is 3.46. The van der Waals surface area contributed by atoms with E-state index in [4.69, 9.17) is 4.43 Å². The van der Waals surface area contributed by atoms with E-state index in [0.717, 1.165) is 6.42 Å². The normalized spacial score (nSPS) is 19.8. The minimum absolute atomic E-state index is 0.0513. The molecular formula is C20H23BrOSi. The Morgan fingerprint density at radius 3 is 1.78 bits per heavy atom. The van der Waals surface area contributed by atoms with Gasteiger partial charge >= 0.3 is 0 Å². The molecule has 1 aliphatic rings. The van der Waals surface area contributed by atoms with Gasteiger partial charge in [-0.05, 0) is 26.0 Å². The summed E-state index contributed by atoms with van der Waals surface area (Å²) in [4.78, 5) is 2.02. The van der Waals surface area contributed by atoms with Crippen molar-refractivity contribution < 1.29 is 4.43 Å². The van der Waals surface area contributed by atoms with Gasteiger partial charge in [-0.1, -0.05) is 97.4 Å². The average molecular weight is 387 g/mol. The van der Waals surface area contributed by atoms with Gasteiger partial charge in [0.15, 0.2) is 0 Å². The van der Waals surface area contributed by atoms with E-state index in [-0.39, 0.29) is 11.1 Å². The molecule has 0 heterocycles. The molecule has 0 saturated heterocycles. The van der Waals surface area contributed by atoms with Crippen molar-refractivity contribution in [2.24, 2.45) is 0 Å².